The largest absolute Gasteiger partial charge is 0.481 e. The van der Waals surface area contributed by atoms with Gasteiger partial charge in [-0.3, -0.25) is 9.59 Å². The molecule has 5 heteroatoms. The summed E-state index contributed by atoms with van der Waals surface area (Å²) in [5.74, 6) is -1.86. The average molecular weight is 174 g/mol. The van der Waals surface area contributed by atoms with Crippen LogP contribution in [0, 0.1) is 5.92 Å². The minimum atomic E-state index is -0.931. The third-order valence-electron chi connectivity index (χ3n) is 1.71. The molecule has 0 saturated heterocycles. The Labute approximate surface area is 70.9 Å². The maximum absolute atomic E-state index is 10.7. The molecule has 0 aliphatic heterocycles. The number of hydrogen-bond donors (Lipinski definition) is 3. The van der Waals surface area contributed by atoms with E-state index in [2.05, 4.69) is 5.32 Å². The Kier molecular flexibility index (Phi) is 4.28. The molecule has 4 N–H and O–H groups in total. The summed E-state index contributed by atoms with van der Waals surface area (Å²) in [6.07, 6.45) is 0. The molecule has 12 heavy (non-hydrogen) atoms. The van der Waals surface area contributed by atoms with Gasteiger partial charge in [0.2, 0.25) is 5.91 Å². The highest BCUT2D eigenvalue weighted by Gasteiger charge is 2.19. The van der Waals surface area contributed by atoms with Gasteiger partial charge in [-0.1, -0.05) is 0 Å². The molecular weight excluding hydrogens is 160 g/mol. The van der Waals surface area contributed by atoms with E-state index in [0.717, 1.165) is 0 Å². The van der Waals surface area contributed by atoms with Gasteiger partial charge in [-0.25, -0.2) is 0 Å². The van der Waals surface area contributed by atoms with Crippen molar-refractivity contribution >= 4 is 11.9 Å². The first-order valence-corrected chi connectivity index (χ1v) is 3.71. The topological polar surface area (TPSA) is 92.4 Å². The standard InChI is InChI=1S/C7H14N2O3/c1-4(7(11)12)5(2)9-6(10)3-8/h4-5H,3,8H2,1-2H3,(H,9,10)(H,11,12). The highest BCUT2D eigenvalue weighted by atomic mass is 16.4. The lowest BCUT2D eigenvalue weighted by Crippen LogP contribution is -2.42. The normalized spacial score (nSPS) is 14.9. The first-order chi connectivity index (χ1) is 5.49. The van der Waals surface area contributed by atoms with Crippen LogP contribution >= 0.6 is 0 Å². The number of nitrogens with two attached hydrogens (primary N) is 1. The predicted molar refractivity (Wildman–Crippen MR) is 43.5 cm³/mol. The molecule has 1 amide bonds. The maximum Gasteiger partial charge on any atom is 0.308 e. The SMILES string of the molecule is CC(NC(=O)CN)C(C)C(=O)O. The summed E-state index contributed by atoms with van der Waals surface area (Å²) in [4.78, 5) is 21.1. The summed E-state index contributed by atoms with van der Waals surface area (Å²) in [6, 6.07) is -0.390. The lowest BCUT2D eigenvalue weighted by molar-refractivity contribution is -0.142. The lowest BCUT2D eigenvalue weighted by atomic mass is 10.0. The van der Waals surface area contributed by atoms with E-state index in [9.17, 15) is 9.59 Å². The van der Waals surface area contributed by atoms with E-state index in [1.54, 1.807) is 6.92 Å². The van der Waals surface area contributed by atoms with Gasteiger partial charge in [0, 0.05) is 6.04 Å². The smallest absolute Gasteiger partial charge is 0.308 e. The van der Waals surface area contributed by atoms with Gasteiger partial charge < -0.3 is 16.2 Å². The predicted octanol–water partition coefficient (Wildman–Crippen LogP) is -0.829. The van der Waals surface area contributed by atoms with Crippen LogP contribution in [0.2, 0.25) is 0 Å². The van der Waals surface area contributed by atoms with Gasteiger partial charge in [0.1, 0.15) is 0 Å². The van der Waals surface area contributed by atoms with E-state index in [0.29, 0.717) is 0 Å². The zero-order valence-electron chi connectivity index (χ0n) is 7.20. The number of carbonyl (C=O) groups excluding carboxylic acids is 1. The van der Waals surface area contributed by atoms with E-state index in [1.165, 1.54) is 6.92 Å². The molecule has 0 fully saturated rings. The van der Waals surface area contributed by atoms with Crippen LogP contribution in [0.15, 0.2) is 0 Å². The summed E-state index contributed by atoms with van der Waals surface area (Å²) in [5, 5.41) is 11.0. The average Bonchev–Trinajstić information content (AvgIpc) is 2.02. The molecule has 0 heterocycles. The molecule has 0 saturated carbocycles. The van der Waals surface area contributed by atoms with Crippen LogP contribution in [0.4, 0.5) is 0 Å². The van der Waals surface area contributed by atoms with Gasteiger partial charge in [-0.2, -0.15) is 0 Å². The van der Waals surface area contributed by atoms with Crippen LogP contribution in [0.5, 0.6) is 0 Å². The molecule has 0 radical (unpaired) electrons. The fourth-order valence-corrected chi connectivity index (χ4v) is 0.652. The van der Waals surface area contributed by atoms with Crippen LogP contribution in [0.25, 0.3) is 0 Å². The molecule has 0 aliphatic carbocycles. The number of nitrogens with one attached hydrogen (secondary N) is 1. The molecule has 0 bridgehead atoms. The Hall–Kier alpha value is -1.10. The van der Waals surface area contributed by atoms with E-state index in [-0.39, 0.29) is 12.5 Å². The monoisotopic (exact) mass is 174 g/mol. The Bertz CT molecular complexity index is 181. The van der Waals surface area contributed by atoms with Crippen molar-refractivity contribution in [2.75, 3.05) is 6.54 Å². The van der Waals surface area contributed by atoms with E-state index >= 15 is 0 Å². The Morgan fingerprint density at radius 1 is 1.50 bits per heavy atom. The minimum absolute atomic E-state index is 0.114. The third-order valence-corrected chi connectivity index (χ3v) is 1.71. The van der Waals surface area contributed by atoms with Crippen molar-refractivity contribution < 1.29 is 14.7 Å². The number of aliphatic carboxylic acids is 1. The quantitative estimate of drug-likeness (QED) is 0.518. The highest BCUT2D eigenvalue weighted by molar-refractivity contribution is 5.79. The minimum Gasteiger partial charge on any atom is -0.481 e. The summed E-state index contributed by atoms with van der Waals surface area (Å²) in [5.41, 5.74) is 5.04. The Morgan fingerprint density at radius 2 is 2.00 bits per heavy atom. The van der Waals surface area contributed by atoms with Crippen molar-refractivity contribution in [2.45, 2.75) is 19.9 Å². The van der Waals surface area contributed by atoms with Crippen molar-refractivity contribution in [1.82, 2.24) is 5.32 Å². The number of hydrogen-bond acceptors (Lipinski definition) is 3. The molecule has 5 nitrogen and oxygen atoms in total. The Morgan fingerprint density at radius 3 is 2.33 bits per heavy atom. The Balaban J connectivity index is 3.94. The number of carbonyl (C=O) groups is 2. The zero-order valence-corrected chi connectivity index (χ0v) is 7.20. The molecule has 2 unspecified atom stereocenters. The van der Waals surface area contributed by atoms with Gasteiger partial charge in [-0.05, 0) is 13.8 Å². The van der Waals surface area contributed by atoms with Crippen molar-refractivity contribution in [2.24, 2.45) is 11.7 Å². The second-order valence-electron chi connectivity index (χ2n) is 2.69. The summed E-state index contributed by atoms with van der Waals surface area (Å²) < 4.78 is 0. The van der Waals surface area contributed by atoms with Crippen LogP contribution in [-0.4, -0.2) is 29.6 Å². The number of carboxylic acid groups (broad SMARTS) is 1. The fraction of sp³-hybridized carbons (Fsp3) is 0.714. The van der Waals surface area contributed by atoms with E-state index in [4.69, 9.17) is 10.8 Å². The van der Waals surface area contributed by atoms with Gasteiger partial charge in [0.05, 0.1) is 12.5 Å². The number of carboxylic acids is 1. The molecule has 0 spiro atoms. The number of amides is 1. The molecule has 0 aromatic carbocycles. The second kappa shape index (κ2) is 4.71. The van der Waals surface area contributed by atoms with Crippen LogP contribution in [0.3, 0.4) is 0 Å². The lowest BCUT2D eigenvalue weighted by Gasteiger charge is -2.16. The van der Waals surface area contributed by atoms with Gasteiger partial charge in [0.15, 0.2) is 0 Å². The van der Waals surface area contributed by atoms with Gasteiger partial charge >= 0.3 is 5.97 Å². The zero-order chi connectivity index (χ0) is 9.72. The van der Waals surface area contributed by atoms with Gasteiger partial charge in [0.25, 0.3) is 0 Å². The first kappa shape index (κ1) is 10.9. The van der Waals surface area contributed by atoms with E-state index < -0.39 is 17.9 Å². The van der Waals surface area contributed by atoms with Crippen molar-refractivity contribution in [3.8, 4) is 0 Å². The number of rotatable bonds is 4. The van der Waals surface area contributed by atoms with Crippen LogP contribution in [-0.2, 0) is 9.59 Å². The summed E-state index contributed by atoms with van der Waals surface area (Å²) in [6.45, 7) is 3.05. The molecular formula is C7H14N2O3. The fourth-order valence-electron chi connectivity index (χ4n) is 0.652. The van der Waals surface area contributed by atoms with Crippen molar-refractivity contribution in [3.05, 3.63) is 0 Å². The van der Waals surface area contributed by atoms with Crippen molar-refractivity contribution in [3.63, 3.8) is 0 Å². The maximum atomic E-state index is 10.7. The molecule has 0 rings (SSSR count). The summed E-state index contributed by atoms with van der Waals surface area (Å²) in [7, 11) is 0. The molecule has 70 valence electrons. The molecule has 0 aromatic heterocycles. The molecule has 0 aromatic rings. The highest BCUT2D eigenvalue weighted by Crippen LogP contribution is 2.01. The van der Waals surface area contributed by atoms with Crippen molar-refractivity contribution in [1.29, 1.82) is 0 Å². The molecule has 2 atom stereocenters. The van der Waals surface area contributed by atoms with Crippen LogP contribution in [0.1, 0.15) is 13.8 Å². The van der Waals surface area contributed by atoms with Gasteiger partial charge in [-0.15, -0.1) is 0 Å². The summed E-state index contributed by atoms with van der Waals surface area (Å²) >= 11 is 0. The van der Waals surface area contributed by atoms with E-state index in [1.807, 2.05) is 0 Å². The first-order valence-electron chi connectivity index (χ1n) is 3.71. The second-order valence-corrected chi connectivity index (χ2v) is 2.69. The molecule has 0 aliphatic rings. The van der Waals surface area contributed by atoms with Crippen LogP contribution < -0.4 is 11.1 Å². The third kappa shape index (κ3) is 3.34.